The fourth-order valence-electron chi connectivity index (χ4n) is 3.99. The van der Waals surface area contributed by atoms with Gasteiger partial charge in [-0.15, -0.1) is 0 Å². The molecule has 6 heteroatoms. The van der Waals surface area contributed by atoms with Crippen molar-refractivity contribution >= 4 is 5.96 Å². The minimum Gasteiger partial charge on any atom is -0.486 e. The van der Waals surface area contributed by atoms with Gasteiger partial charge in [-0.3, -0.25) is 4.99 Å². The van der Waals surface area contributed by atoms with E-state index >= 15 is 0 Å². The second-order valence-corrected chi connectivity index (χ2v) is 7.61. The fourth-order valence-corrected chi connectivity index (χ4v) is 3.99. The van der Waals surface area contributed by atoms with Gasteiger partial charge >= 0.3 is 0 Å². The molecule has 27 heavy (non-hydrogen) atoms. The van der Waals surface area contributed by atoms with Crippen molar-refractivity contribution in [2.45, 2.75) is 51.6 Å². The quantitative estimate of drug-likeness (QED) is 0.505. The summed E-state index contributed by atoms with van der Waals surface area (Å²) >= 11 is 0. The number of ether oxygens (including phenoxy) is 2. The van der Waals surface area contributed by atoms with E-state index in [4.69, 9.17) is 14.5 Å². The van der Waals surface area contributed by atoms with Gasteiger partial charge in [-0.2, -0.15) is 0 Å². The lowest BCUT2D eigenvalue weighted by Crippen LogP contribution is -2.46. The van der Waals surface area contributed by atoms with Gasteiger partial charge in [0.1, 0.15) is 12.7 Å². The molecule has 1 aliphatic heterocycles. The summed E-state index contributed by atoms with van der Waals surface area (Å²) in [5, 5.41) is 16.2. The number of aliphatic hydroxyl groups is 1. The van der Waals surface area contributed by atoms with Crippen LogP contribution in [0.1, 0.15) is 45.4 Å². The van der Waals surface area contributed by atoms with Crippen LogP contribution in [0.15, 0.2) is 29.3 Å². The molecule has 0 amide bonds. The molecule has 6 nitrogen and oxygen atoms in total. The SMILES string of the molecule is CCNC(=NCC1(CCO)CCCCC1)NCC1COc2ccccc2O1. The standard InChI is InChI=1S/C21H33N3O3/c1-2-22-20(24-16-21(12-13-25)10-6-3-7-11-21)23-14-17-15-26-18-8-4-5-9-19(18)27-17/h4-5,8-9,17,25H,2-3,6-7,10-16H2,1H3,(H2,22,23,24). The van der Waals surface area contributed by atoms with Crippen LogP contribution in [0.25, 0.3) is 0 Å². The summed E-state index contributed by atoms with van der Waals surface area (Å²) in [6.07, 6.45) is 6.89. The molecule has 1 fully saturated rings. The maximum Gasteiger partial charge on any atom is 0.191 e. The number of nitrogens with one attached hydrogen (secondary N) is 2. The molecular weight excluding hydrogens is 342 g/mol. The maximum absolute atomic E-state index is 9.50. The number of benzene rings is 1. The van der Waals surface area contributed by atoms with Crippen LogP contribution in [0.2, 0.25) is 0 Å². The molecule has 1 atom stereocenters. The van der Waals surface area contributed by atoms with Crippen molar-refractivity contribution < 1.29 is 14.6 Å². The second-order valence-electron chi connectivity index (χ2n) is 7.61. The molecule has 1 heterocycles. The zero-order chi connectivity index (χ0) is 19.0. The van der Waals surface area contributed by atoms with Gasteiger partial charge in [-0.25, -0.2) is 0 Å². The van der Waals surface area contributed by atoms with Crippen LogP contribution in [0.3, 0.4) is 0 Å². The summed E-state index contributed by atoms with van der Waals surface area (Å²) in [5.41, 5.74) is 0.152. The Kier molecular flexibility index (Phi) is 7.21. The Labute approximate surface area is 162 Å². The monoisotopic (exact) mass is 375 g/mol. The molecular formula is C21H33N3O3. The van der Waals surface area contributed by atoms with Crippen molar-refractivity contribution in [3.63, 3.8) is 0 Å². The Morgan fingerprint density at radius 3 is 2.70 bits per heavy atom. The molecule has 3 N–H and O–H groups in total. The van der Waals surface area contributed by atoms with E-state index in [9.17, 15) is 5.11 Å². The number of guanidine groups is 1. The van der Waals surface area contributed by atoms with Gasteiger partial charge in [0.2, 0.25) is 0 Å². The molecule has 0 aromatic heterocycles. The Hall–Kier alpha value is -1.95. The van der Waals surface area contributed by atoms with Crippen molar-refractivity contribution in [2.24, 2.45) is 10.4 Å². The van der Waals surface area contributed by atoms with Gasteiger partial charge in [-0.1, -0.05) is 31.4 Å². The minimum absolute atomic E-state index is 0.0511. The van der Waals surface area contributed by atoms with Crippen LogP contribution in [0.4, 0.5) is 0 Å². The third kappa shape index (κ3) is 5.51. The van der Waals surface area contributed by atoms with Crippen LogP contribution in [-0.4, -0.2) is 50.0 Å². The highest BCUT2D eigenvalue weighted by atomic mass is 16.6. The van der Waals surface area contributed by atoms with E-state index in [1.165, 1.54) is 19.3 Å². The molecule has 150 valence electrons. The average Bonchev–Trinajstić information content (AvgIpc) is 2.71. The van der Waals surface area contributed by atoms with E-state index in [0.717, 1.165) is 49.8 Å². The van der Waals surface area contributed by atoms with Gasteiger partial charge in [0.05, 0.1) is 6.54 Å². The van der Waals surface area contributed by atoms with Crippen LogP contribution in [-0.2, 0) is 0 Å². The van der Waals surface area contributed by atoms with E-state index in [1.54, 1.807) is 0 Å². The van der Waals surface area contributed by atoms with Gasteiger partial charge < -0.3 is 25.2 Å². The fraction of sp³-hybridized carbons (Fsp3) is 0.667. The molecule has 1 saturated carbocycles. The molecule has 1 aromatic rings. The first-order chi connectivity index (χ1) is 13.2. The average molecular weight is 376 g/mol. The summed E-state index contributed by atoms with van der Waals surface area (Å²) in [7, 11) is 0. The number of nitrogens with zero attached hydrogens (tertiary/aromatic N) is 1. The smallest absolute Gasteiger partial charge is 0.191 e. The zero-order valence-corrected chi connectivity index (χ0v) is 16.4. The number of aliphatic imine (C=N–C) groups is 1. The van der Waals surface area contributed by atoms with Gasteiger partial charge in [0.25, 0.3) is 0 Å². The van der Waals surface area contributed by atoms with Crippen LogP contribution < -0.4 is 20.1 Å². The molecule has 1 aromatic carbocycles. The number of hydrogen-bond donors (Lipinski definition) is 3. The number of aliphatic hydroxyl groups excluding tert-OH is 1. The lowest BCUT2D eigenvalue weighted by atomic mass is 9.72. The van der Waals surface area contributed by atoms with Gasteiger partial charge in [-0.05, 0) is 43.7 Å². The van der Waals surface area contributed by atoms with E-state index < -0.39 is 0 Å². The van der Waals surface area contributed by atoms with Crippen molar-refractivity contribution in [2.75, 3.05) is 32.8 Å². The minimum atomic E-state index is -0.0511. The molecule has 2 aliphatic rings. The first-order valence-electron chi connectivity index (χ1n) is 10.3. The highest BCUT2D eigenvalue weighted by molar-refractivity contribution is 5.79. The lowest BCUT2D eigenvalue weighted by molar-refractivity contribution is 0.0935. The summed E-state index contributed by atoms with van der Waals surface area (Å²) in [5.74, 6) is 2.40. The third-order valence-electron chi connectivity index (χ3n) is 5.54. The Bertz CT molecular complexity index is 609. The number of fused-ring (bicyclic) bond motifs is 1. The summed E-state index contributed by atoms with van der Waals surface area (Å²) < 4.78 is 11.8. The highest BCUT2D eigenvalue weighted by Gasteiger charge is 2.31. The number of hydrogen-bond acceptors (Lipinski definition) is 4. The topological polar surface area (TPSA) is 75.1 Å². The molecule has 0 saturated heterocycles. The predicted octanol–water partition coefficient (Wildman–Crippen LogP) is 2.71. The van der Waals surface area contributed by atoms with Crippen LogP contribution >= 0.6 is 0 Å². The van der Waals surface area contributed by atoms with E-state index in [1.807, 2.05) is 24.3 Å². The number of para-hydroxylation sites is 2. The van der Waals surface area contributed by atoms with Crippen molar-refractivity contribution in [1.82, 2.24) is 10.6 Å². The first kappa shape index (κ1) is 19.8. The highest BCUT2D eigenvalue weighted by Crippen LogP contribution is 2.39. The van der Waals surface area contributed by atoms with Gasteiger partial charge in [0, 0.05) is 19.7 Å². The van der Waals surface area contributed by atoms with Crippen molar-refractivity contribution in [3.05, 3.63) is 24.3 Å². The molecule has 1 aliphatic carbocycles. The number of rotatable bonds is 7. The third-order valence-corrected chi connectivity index (χ3v) is 5.54. The van der Waals surface area contributed by atoms with Gasteiger partial charge in [0.15, 0.2) is 17.5 Å². The molecule has 0 spiro atoms. The summed E-state index contributed by atoms with van der Waals surface area (Å²) in [6, 6.07) is 7.76. The van der Waals surface area contributed by atoms with E-state index in [2.05, 4.69) is 17.6 Å². The Morgan fingerprint density at radius 2 is 1.96 bits per heavy atom. The second kappa shape index (κ2) is 9.83. The lowest BCUT2D eigenvalue weighted by Gasteiger charge is -2.36. The van der Waals surface area contributed by atoms with E-state index in [-0.39, 0.29) is 18.1 Å². The normalized spacial score (nSPS) is 21.6. The van der Waals surface area contributed by atoms with Crippen LogP contribution in [0, 0.1) is 5.41 Å². The molecule has 0 radical (unpaired) electrons. The van der Waals surface area contributed by atoms with Crippen LogP contribution in [0.5, 0.6) is 11.5 Å². The predicted molar refractivity (Wildman–Crippen MR) is 108 cm³/mol. The maximum atomic E-state index is 9.50. The van der Waals surface area contributed by atoms with Crippen molar-refractivity contribution in [1.29, 1.82) is 0 Å². The molecule has 0 bridgehead atoms. The zero-order valence-electron chi connectivity index (χ0n) is 16.4. The summed E-state index contributed by atoms with van der Waals surface area (Å²) in [6.45, 7) is 5.03. The van der Waals surface area contributed by atoms with Crippen molar-refractivity contribution in [3.8, 4) is 11.5 Å². The molecule has 1 unspecified atom stereocenters. The largest absolute Gasteiger partial charge is 0.486 e. The first-order valence-corrected chi connectivity index (χ1v) is 10.3. The summed E-state index contributed by atoms with van der Waals surface area (Å²) in [4.78, 5) is 4.84. The van der Waals surface area contributed by atoms with E-state index in [0.29, 0.717) is 13.2 Å². The Morgan fingerprint density at radius 1 is 1.19 bits per heavy atom. The Balaban J connectivity index is 1.56. The molecule has 3 rings (SSSR count).